The molecule has 1 aliphatic carbocycles. The average Bonchev–Trinajstić information content (AvgIpc) is 2.27. The van der Waals surface area contributed by atoms with Crippen LogP contribution in [0.4, 0.5) is 0 Å². The molecule has 2 rings (SSSR count). The predicted octanol–water partition coefficient (Wildman–Crippen LogP) is 3.15. The maximum Gasteiger partial charge on any atom is 0.187 e. The average molecular weight is 238 g/mol. The predicted molar refractivity (Wildman–Crippen MR) is 70.1 cm³/mol. The SMILES string of the molecule is CC(C)(C)C(=N)O[C@@H]1C[C@@H]2CCCC[C@@H]2CN1. The lowest BCUT2D eigenvalue weighted by Crippen LogP contribution is -2.48. The minimum absolute atomic E-state index is 0.0704. The Hall–Kier alpha value is -0.570. The standard InChI is InChI=1S/C14H26N2O/c1-14(2,3)13(15)17-12-8-10-6-4-5-7-11(10)9-16-12/h10-12,15-16H,4-9H2,1-3H3/t10-,11+,12+/m0/s1. The smallest absolute Gasteiger partial charge is 0.187 e. The van der Waals surface area contributed by atoms with E-state index < -0.39 is 0 Å². The van der Waals surface area contributed by atoms with Gasteiger partial charge in [-0.1, -0.05) is 33.6 Å². The van der Waals surface area contributed by atoms with Crippen molar-refractivity contribution in [2.75, 3.05) is 6.54 Å². The van der Waals surface area contributed by atoms with E-state index in [2.05, 4.69) is 5.32 Å². The largest absolute Gasteiger partial charge is 0.462 e. The lowest BCUT2D eigenvalue weighted by molar-refractivity contribution is 0.0361. The first-order chi connectivity index (χ1) is 7.97. The highest BCUT2D eigenvalue weighted by Crippen LogP contribution is 2.35. The van der Waals surface area contributed by atoms with E-state index in [0.717, 1.165) is 24.8 Å². The molecular formula is C14H26N2O. The Kier molecular flexibility index (Phi) is 3.76. The monoisotopic (exact) mass is 238 g/mol. The van der Waals surface area contributed by atoms with Crippen molar-refractivity contribution in [3.8, 4) is 0 Å². The zero-order valence-corrected chi connectivity index (χ0v) is 11.4. The molecule has 0 radical (unpaired) electrons. The van der Waals surface area contributed by atoms with Crippen molar-refractivity contribution in [3.05, 3.63) is 0 Å². The van der Waals surface area contributed by atoms with Crippen molar-refractivity contribution in [2.24, 2.45) is 17.3 Å². The van der Waals surface area contributed by atoms with Gasteiger partial charge in [-0.15, -0.1) is 0 Å². The number of hydrogen-bond donors (Lipinski definition) is 2. The fraction of sp³-hybridized carbons (Fsp3) is 0.929. The summed E-state index contributed by atoms with van der Waals surface area (Å²) in [6.07, 6.45) is 6.66. The van der Waals surface area contributed by atoms with E-state index in [4.69, 9.17) is 10.1 Å². The van der Waals surface area contributed by atoms with Crippen molar-refractivity contribution in [1.82, 2.24) is 5.32 Å². The third-order valence-corrected chi connectivity index (χ3v) is 4.13. The van der Waals surface area contributed by atoms with Gasteiger partial charge in [-0.05, 0) is 24.7 Å². The van der Waals surface area contributed by atoms with Crippen LogP contribution in [0.25, 0.3) is 0 Å². The van der Waals surface area contributed by atoms with Crippen molar-refractivity contribution < 1.29 is 4.74 Å². The summed E-state index contributed by atoms with van der Waals surface area (Å²) in [5.74, 6) is 2.08. The zero-order valence-electron chi connectivity index (χ0n) is 11.4. The van der Waals surface area contributed by atoms with Gasteiger partial charge in [0.05, 0.1) is 0 Å². The number of hydrogen-bond acceptors (Lipinski definition) is 3. The van der Waals surface area contributed by atoms with Crippen LogP contribution in [0.1, 0.15) is 52.9 Å². The summed E-state index contributed by atoms with van der Waals surface area (Å²) in [6, 6.07) is 0. The quantitative estimate of drug-likeness (QED) is 0.544. The van der Waals surface area contributed by atoms with Crippen LogP contribution in [-0.4, -0.2) is 18.7 Å². The fourth-order valence-corrected chi connectivity index (χ4v) is 2.91. The van der Waals surface area contributed by atoms with Crippen LogP contribution in [0.2, 0.25) is 0 Å². The highest BCUT2D eigenvalue weighted by atomic mass is 16.5. The molecule has 2 fully saturated rings. The maximum atomic E-state index is 7.95. The Labute approximate surface area is 105 Å². The molecule has 3 nitrogen and oxygen atoms in total. The van der Waals surface area contributed by atoms with Crippen molar-refractivity contribution in [1.29, 1.82) is 5.41 Å². The maximum absolute atomic E-state index is 7.95. The second kappa shape index (κ2) is 4.97. The fourth-order valence-electron chi connectivity index (χ4n) is 2.91. The zero-order chi connectivity index (χ0) is 12.5. The summed E-state index contributed by atoms with van der Waals surface area (Å²) in [5.41, 5.74) is -0.176. The molecular weight excluding hydrogens is 212 g/mol. The van der Waals surface area contributed by atoms with E-state index in [-0.39, 0.29) is 11.6 Å². The molecule has 1 saturated carbocycles. The van der Waals surface area contributed by atoms with Gasteiger partial charge in [0.2, 0.25) is 0 Å². The molecule has 0 aromatic carbocycles. The van der Waals surface area contributed by atoms with Gasteiger partial charge in [0.1, 0.15) is 0 Å². The third kappa shape index (κ3) is 3.21. The molecule has 17 heavy (non-hydrogen) atoms. The molecule has 98 valence electrons. The van der Waals surface area contributed by atoms with Gasteiger partial charge in [0.15, 0.2) is 12.1 Å². The Morgan fingerprint density at radius 3 is 2.47 bits per heavy atom. The molecule has 0 aromatic heterocycles. The van der Waals surface area contributed by atoms with Crippen LogP contribution in [0.3, 0.4) is 0 Å². The molecule has 0 amide bonds. The van der Waals surface area contributed by atoms with E-state index in [9.17, 15) is 0 Å². The minimum Gasteiger partial charge on any atom is -0.462 e. The van der Waals surface area contributed by atoms with Gasteiger partial charge in [0.25, 0.3) is 0 Å². The Bertz CT molecular complexity index is 282. The molecule has 2 N–H and O–H groups in total. The molecule has 0 spiro atoms. The molecule has 3 atom stereocenters. The summed E-state index contributed by atoms with van der Waals surface area (Å²) in [6.45, 7) is 7.16. The number of ether oxygens (including phenoxy) is 1. The summed E-state index contributed by atoms with van der Waals surface area (Å²) in [5, 5.41) is 11.4. The molecule has 0 aromatic rings. The van der Waals surface area contributed by atoms with Gasteiger partial charge in [0, 0.05) is 18.4 Å². The summed E-state index contributed by atoms with van der Waals surface area (Å²) in [4.78, 5) is 0. The van der Waals surface area contributed by atoms with Crippen LogP contribution >= 0.6 is 0 Å². The van der Waals surface area contributed by atoms with E-state index in [1.807, 2.05) is 20.8 Å². The Balaban J connectivity index is 1.86. The third-order valence-electron chi connectivity index (χ3n) is 4.13. The van der Waals surface area contributed by atoms with Crippen LogP contribution in [0, 0.1) is 22.7 Å². The summed E-state index contributed by atoms with van der Waals surface area (Å²) >= 11 is 0. The molecule has 2 aliphatic rings. The van der Waals surface area contributed by atoms with Gasteiger partial charge < -0.3 is 4.74 Å². The first-order valence-electron chi connectivity index (χ1n) is 6.96. The normalized spacial score (nSPS) is 33.9. The van der Waals surface area contributed by atoms with Crippen molar-refractivity contribution >= 4 is 5.90 Å². The van der Waals surface area contributed by atoms with E-state index in [0.29, 0.717) is 5.90 Å². The molecule has 0 unspecified atom stereocenters. The molecule has 1 heterocycles. The van der Waals surface area contributed by atoms with E-state index >= 15 is 0 Å². The van der Waals surface area contributed by atoms with Crippen LogP contribution in [0.15, 0.2) is 0 Å². The number of nitrogens with one attached hydrogen (secondary N) is 2. The highest BCUT2D eigenvalue weighted by Gasteiger charge is 2.34. The topological polar surface area (TPSA) is 45.1 Å². The van der Waals surface area contributed by atoms with Crippen molar-refractivity contribution in [2.45, 2.75) is 59.1 Å². The Morgan fingerprint density at radius 2 is 1.82 bits per heavy atom. The Morgan fingerprint density at radius 1 is 1.18 bits per heavy atom. The first-order valence-corrected chi connectivity index (χ1v) is 6.96. The lowest BCUT2D eigenvalue weighted by atomic mass is 9.75. The summed E-state index contributed by atoms with van der Waals surface area (Å²) < 4.78 is 5.78. The molecule has 0 bridgehead atoms. The lowest BCUT2D eigenvalue weighted by Gasteiger charge is -2.40. The van der Waals surface area contributed by atoms with Crippen LogP contribution in [0.5, 0.6) is 0 Å². The number of fused-ring (bicyclic) bond motifs is 1. The van der Waals surface area contributed by atoms with E-state index in [1.54, 1.807) is 0 Å². The van der Waals surface area contributed by atoms with Gasteiger partial charge in [-0.3, -0.25) is 10.7 Å². The number of rotatable bonds is 1. The van der Waals surface area contributed by atoms with Crippen LogP contribution in [-0.2, 0) is 4.74 Å². The second-order valence-electron chi connectivity index (χ2n) is 6.63. The molecule has 3 heteroatoms. The minimum atomic E-state index is -0.176. The van der Waals surface area contributed by atoms with E-state index in [1.165, 1.54) is 25.7 Å². The van der Waals surface area contributed by atoms with Gasteiger partial charge in [-0.25, -0.2) is 0 Å². The highest BCUT2D eigenvalue weighted by molar-refractivity contribution is 5.78. The van der Waals surface area contributed by atoms with Gasteiger partial charge >= 0.3 is 0 Å². The van der Waals surface area contributed by atoms with Crippen molar-refractivity contribution in [3.63, 3.8) is 0 Å². The second-order valence-corrected chi connectivity index (χ2v) is 6.63. The van der Waals surface area contributed by atoms with Crippen LogP contribution < -0.4 is 5.32 Å². The molecule has 1 saturated heterocycles. The summed E-state index contributed by atoms with van der Waals surface area (Å²) in [7, 11) is 0. The molecule has 1 aliphatic heterocycles. The van der Waals surface area contributed by atoms with Gasteiger partial charge in [-0.2, -0.15) is 0 Å². The number of piperidine rings is 1. The first kappa shape index (κ1) is 12.9.